The summed E-state index contributed by atoms with van der Waals surface area (Å²) >= 11 is 0. The van der Waals surface area contributed by atoms with Crippen molar-refractivity contribution in [3.63, 3.8) is 0 Å². The molecule has 16 heteroatoms. The van der Waals surface area contributed by atoms with Crippen LogP contribution in [0.3, 0.4) is 0 Å². The summed E-state index contributed by atoms with van der Waals surface area (Å²) < 4.78 is 121. The number of carbonyl (C=O) groups is 3. The molecule has 0 bridgehead atoms. The molecule has 2 aliphatic rings. The molecule has 3 amide bonds. The van der Waals surface area contributed by atoms with E-state index in [0.717, 1.165) is 23.3 Å². The number of unbranched alkanes of at least 4 members (excludes halogenated alkanes) is 5. The number of allylic oxidation sites excluding steroid dienone is 10. The first-order chi connectivity index (χ1) is 36.0. The Morgan fingerprint density at radius 2 is 1.22 bits per heavy atom. The van der Waals surface area contributed by atoms with Gasteiger partial charge in [0.1, 0.15) is 17.4 Å². The van der Waals surface area contributed by atoms with Crippen LogP contribution in [-0.2, 0) is 25.2 Å². The third-order valence-corrected chi connectivity index (χ3v) is 14.0. The molecule has 0 aliphatic heterocycles. The molecule has 5 N–H and O–H groups in total. The maximum absolute atomic E-state index is 14.0. The molecule has 2 atom stereocenters. The summed E-state index contributed by atoms with van der Waals surface area (Å²) in [6.07, 6.45) is 0.534. The van der Waals surface area contributed by atoms with Crippen LogP contribution in [0.5, 0.6) is 0 Å². The van der Waals surface area contributed by atoms with Crippen LogP contribution in [0.25, 0.3) is 16.7 Å². The molecule has 0 saturated carbocycles. The van der Waals surface area contributed by atoms with E-state index in [0.29, 0.717) is 104 Å². The number of alkyl halides is 9. The van der Waals surface area contributed by atoms with E-state index in [1.54, 1.807) is 73.7 Å². The SMILES string of the molecule is C=C/C=C(\C(=C)C(=C)/C=C\C(=C)C(F)(F)F)C(=O)NC(CCCCCCCC1(C(=O)NC(F)(F)F)C(/C=C\C)=C(C=C)c2ccccc21)CC[NH2+]CCCCC1(C(=O)NCC(F)(F)F)c2ccccc2-c2ccccc21. The van der Waals surface area contributed by atoms with Crippen molar-refractivity contribution in [3.05, 3.63) is 198 Å². The number of nitrogens with two attached hydrogens (primary N) is 1. The number of quaternary nitrogens is 1. The lowest BCUT2D eigenvalue weighted by Crippen LogP contribution is -2.84. The zero-order valence-corrected chi connectivity index (χ0v) is 42.7. The zero-order chi connectivity index (χ0) is 55.9. The second kappa shape index (κ2) is 26.2. The van der Waals surface area contributed by atoms with Crippen LogP contribution in [0.2, 0.25) is 0 Å². The van der Waals surface area contributed by atoms with Gasteiger partial charge in [-0.3, -0.25) is 19.7 Å². The Balaban J connectivity index is 1.26. The van der Waals surface area contributed by atoms with E-state index < -0.39 is 65.4 Å². The lowest BCUT2D eigenvalue weighted by atomic mass is 9.72. The van der Waals surface area contributed by atoms with Gasteiger partial charge in [-0.15, -0.1) is 0 Å². The first kappa shape index (κ1) is 59.9. The van der Waals surface area contributed by atoms with E-state index in [1.165, 1.54) is 17.5 Å². The molecule has 0 radical (unpaired) electrons. The first-order valence-electron chi connectivity index (χ1n) is 25.3. The molecule has 7 nitrogen and oxygen atoms in total. The number of hydrogen-bond donors (Lipinski definition) is 4. The molecule has 76 heavy (non-hydrogen) atoms. The third-order valence-electron chi connectivity index (χ3n) is 14.0. The molecule has 0 heterocycles. The van der Waals surface area contributed by atoms with Crippen LogP contribution in [-0.4, -0.2) is 62.1 Å². The predicted molar refractivity (Wildman–Crippen MR) is 281 cm³/mol. The maximum atomic E-state index is 14.0. The standard InChI is InChI=1S/C60H65F9N4O3/c1-7-23-45(42(6)40(4)32-33-41(5)59(64,65)66)53(74)72-43(25-13-11-10-12-20-35-57(55(76)73-60(67,68)69)49(24-8-2)44(9-3)46-26-14-17-29-50(46)57)34-38-70-37-22-21-36-56(54(75)71-39-58(61,62)63)51-30-18-15-27-47(51)48-28-16-19-31-52(48)56/h7-9,14-19,23-24,26-33,43,70H,1,3-6,10-13,20-22,25,34-39H2,2H3,(H,71,75)(H,72,74)(H,73,76)/p+1/b24-8-,33-32-,45-23+. The Labute approximate surface area is 439 Å². The highest BCUT2D eigenvalue weighted by atomic mass is 19.4. The Bertz CT molecular complexity index is 2730. The van der Waals surface area contributed by atoms with Gasteiger partial charge in [-0.2, -0.15) is 39.5 Å². The molecular weight excluding hydrogens is 996 g/mol. The largest absolute Gasteiger partial charge is 0.484 e. The molecule has 2 unspecified atom stereocenters. The normalized spacial score (nSPS) is 16.5. The van der Waals surface area contributed by atoms with Gasteiger partial charge in [-0.05, 0) is 101 Å². The second-order valence-corrected chi connectivity index (χ2v) is 19.0. The number of amides is 3. The van der Waals surface area contributed by atoms with Gasteiger partial charge in [-0.1, -0.05) is 174 Å². The molecule has 0 spiro atoms. The first-order valence-corrected chi connectivity index (χ1v) is 25.3. The van der Waals surface area contributed by atoms with Crippen molar-refractivity contribution in [3.8, 4) is 11.1 Å². The van der Waals surface area contributed by atoms with E-state index in [-0.39, 0.29) is 29.6 Å². The summed E-state index contributed by atoms with van der Waals surface area (Å²) in [6.45, 7) is 19.7. The van der Waals surface area contributed by atoms with Gasteiger partial charge >= 0.3 is 18.7 Å². The van der Waals surface area contributed by atoms with Gasteiger partial charge in [0.05, 0.1) is 13.1 Å². The second-order valence-electron chi connectivity index (χ2n) is 19.0. The Kier molecular flexibility index (Phi) is 20.7. The highest BCUT2D eigenvalue weighted by Crippen LogP contribution is 2.53. The molecule has 3 aromatic rings. The maximum Gasteiger partial charge on any atom is 0.484 e. The van der Waals surface area contributed by atoms with Crippen molar-refractivity contribution in [2.75, 3.05) is 19.6 Å². The van der Waals surface area contributed by atoms with E-state index in [1.807, 2.05) is 29.6 Å². The van der Waals surface area contributed by atoms with Crippen LogP contribution < -0.4 is 21.3 Å². The molecule has 0 aromatic heterocycles. The summed E-state index contributed by atoms with van der Waals surface area (Å²) in [5, 5.41) is 8.54. The number of benzene rings is 3. The molecule has 406 valence electrons. The zero-order valence-electron chi connectivity index (χ0n) is 42.7. The van der Waals surface area contributed by atoms with Gasteiger partial charge < -0.3 is 16.0 Å². The molecule has 3 aromatic carbocycles. The van der Waals surface area contributed by atoms with Crippen LogP contribution in [0.4, 0.5) is 39.5 Å². The van der Waals surface area contributed by atoms with E-state index >= 15 is 0 Å². The number of hydrogen-bond acceptors (Lipinski definition) is 3. The number of carbonyl (C=O) groups excluding carboxylic acids is 3. The Hall–Kier alpha value is -6.94. The number of fused-ring (bicyclic) bond motifs is 4. The van der Waals surface area contributed by atoms with E-state index in [4.69, 9.17) is 0 Å². The smallest absolute Gasteiger partial charge is 0.349 e. The summed E-state index contributed by atoms with van der Waals surface area (Å²) in [6, 6.07) is 21.0. The fraction of sp³-hybridized carbons (Fsp3) is 0.350. The Morgan fingerprint density at radius 1 is 0.671 bits per heavy atom. The summed E-state index contributed by atoms with van der Waals surface area (Å²) in [5.41, 5.74) is 1.04. The fourth-order valence-electron chi connectivity index (χ4n) is 10.4. The number of halogens is 9. The van der Waals surface area contributed by atoms with Crippen molar-refractivity contribution >= 4 is 23.3 Å². The summed E-state index contributed by atoms with van der Waals surface area (Å²) in [7, 11) is 0. The average Bonchev–Trinajstić information content (AvgIpc) is 3.81. The third kappa shape index (κ3) is 14.5. The van der Waals surface area contributed by atoms with Crippen LogP contribution >= 0.6 is 0 Å². The minimum atomic E-state index is -4.96. The van der Waals surface area contributed by atoms with Crippen molar-refractivity contribution in [1.29, 1.82) is 0 Å². The highest BCUT2D eigenvalue weighted by molar-refractivity contribution is 6.03. The molecule has 5 rings (SSSR count). The molecule has 2 aliphatic carbocycles. The number of rotatable bonds is 28. The lowest BCUT2D eigenvalue weighted by molar-refractivity contribution is -0.655. The monoisotopic (exact) mass is 1060 g/mol. The molecular formula is C60H66F9N4O3+. The van der Waals surface area contributed by atoms with Crippen molar-refractivity contribution in [2.24, 2.45) is 0 Å². The van der Waals surface area contributed by atoms with Gasteiger partial charge in [0.25, 0.3) is 5.91 Å². The highest BCUT2D eigenvalue weighted by Gasteiger charge is 2.52. The minimum Gasteiger partial charge on any atom is -0.349 e. The minimum absolute atomic E-state index is 0.0300. The van der Waals surface area contributed by atoms with Gasteiger partial charge in [-0.25, -0.2) is 0 Å². The fourth-order valence-corrected chi connectivity index (χ4v) is 10.4. The number of nitrogens with one attached hydrogen (secondary N) is 3. The van der Waals surface area contributed by atoms with Crippen molar-refractivity contribution in [1.82, 2.24) is 16.0 Å². The van der Waals surface area contributed by atoms with Gasteiger partial charge in [0.2, 0.25) is 11.8 Å². The van der Waals surface area contributed by atoms with E-state index in [2.05, 4.69) is 43.5 Å². The van der Waals surface area contributed by atoms with Crippen LogP contribution in [0, 0.1) is 0 Å². The topological polar surface area (TPSA) is 104 Å². The Morgan fingerprint density at radius 3 is 1.79 bits per heavy atom. The van der Waals surface area contributed by atoms with Crippen LogP contribution in [0.1, 0.15) is 99.8 Å². The van der Waals surface area contributed by atoms with Crippen molar-refractivity contribution in [2.45, 2.75) is 113 Å². The van der Waals surface area contributed by atoms with Crippen LogP contribution in [0.15, 0.2) is 176 Å². The average molecular weight is 1060 g/mol. The van der Waals surface area contributed by atoms with E-state index in [9.17, 15) is 53.9 Å². The lowest BCUT2D eigenvalue weighted by Gasteiger charge is -2.32. The summed E-state index contributed by atoms with van der Waals surface area (Å²) in [5.74, 6) is -2.46. The summed E-state index contributed by atoms with van der Waals surface area (Å²) in [4.78, 5) is 41.7. The van der Waals surface area contributed by atoms with Gasteiger partial charge in [0.15, 0.2) is 0 Å². The van der Waals surface area contributed by atoms with Crippen molar-refractivity contribution < 1.29 is 59.2 Å². The molecule has 0 saturated heterocycles. The predicted octanol–water partition coefficient (Wildman–Crippen LogP) is 13.0. The quantitative estimate of drug-likeness (QED) is 0.0191. The van der Waals surface area contributed by atoms with Gasteiger partial charge in [0, 0.05) is 23.6 Å². The molecule has 0 fully saturated rings.